The summed E-state index contributed by atoms with van der Waals surface area (Å²) in [7, 11) is -3.75. The minimum atomic E-state index is -3.75. The molecule has 0 aliphatic heterocycles. The average Bonchev–Trinajstić information content (AvgIpc) is 2.41. The van der Waals surface area contributed by atoms with Gasteiger partial charge < -0.3 is 5.73 Å². The molecule has 0 bridgehead atoms. The molecule has 0 spiro atoms. The van der Waals surface area contributed by atoms with E-state index in [0.29, 0.717) is 5.56 Å². The molecule has 0 amide bonds. The average molecular weight is 314 g/mol. The zero-order chi connectivity index (χ0) is 15.7. The normalized spacial score (nSPS) is 18.7. The summed E-state index contributed by atoms with van der Waals surface area (Å²) < 4.78 is 41.9. The van der Waals surface area contributed by atoms with E-state index in [4.69, 9.17) is 5.73 Å². The Hall–Kier alpha value is -0.980. The van der Waals surface area contributed by atoms with Crippen molar-refractivity contribution < 1.29 is 12.8 Å². The van der Waals surface area contributed by atoms with Gasteiger partial charge in [0, 0.05) is 17.6 Å². The number of hydrogen-bond acceptors (Lipinski definition) is 3. The lowest BCUT2D eigenvalue weighted by atomic mass is 9.84. The van der Waals surface area contributed by atoms with Gasteiger partial charge in [0.1, 0.15) is 5.82 Å². The Morgan fingerprint density at radius 1 is 1.29 bits per heavy atom. The van der Waals surface area contributed by atoms with E-state index in [-0.39, 0.29) is 17.0 Å². The van der Waals surface area contributed by atoms with Crippen LogP contribution in [0.5, 0.6) is 0 Å². The number of benzene rings is 1. The molecule has 118 valence electrons. The number of sulfonamides is 1. The molecule has 6 heteroatoms. The maximum Gasteiger partial charge on any atom is 0.241 e. The Labute approximate surface area is 126 Å². The summed E-state index contributed by atoms with van der Waals surface area (Å²) in [6.07, 6.45) is 4.77. The fraction of sp³-hybridized carbons (Fsp3) is 0.600. The van der Waals surface area contributed by atoms with Crippen LogP contribution in [0, 0.1) is 12.7 Å². The third-order valence-electron chi connectivity index (χ3n) is 4.22. The SMILES string of the molecule is Cc1c(F)cc(CN)cc1S(=O)(=O)NC1(C)CCCCC1. The molecule has 1 aliphatic carbocycles. The Kier molecular flexibility index (Phi) is 4.70. The minimum Gasteiger partial charge on any atom is -0.326 e. The molecule has 1 fully saturated rings. The maximum absolute atomic E-state index is 13.9. The second-order valence-electron chi connectivity index (χ2n) is 6.13. The van der Waals surface area contributed by atoms with Gasteiger partial charge in [-0.05, 0) is 44.4 Å². The highest BCUT2D eigenvalue weighted by Crippen LogP contribution is 2.30. The molecule has 1 aromatic rings. The van der Waals surface area contributed by atoms with Crippen LogP contribution in [-0.2, 0) is 16.6 Å². The summed E-state index contributed by atoms with van der Waals surface area (Å²) in [4.78, 5) is -0.00486. The molecule has 1 aromatic carbocycles. The van der Waals surface area contributed by atoms with E-state index in [0.717, 1.165) is 32.1 Å². The second kappa shape index (κ2) is 6.02. The Balaban J connectivity index is 2.37. The van der Waals surface area contributed by atoms with Crippen LogP contribution in [0.25, 0.3) is 0 Å². The van der Waals surface area contributed by atoms with E-state index in [1.54, 1.807) is 0 Å². The fourth-order valence-electron chi connectivity index (χ4n) is 2.92. The molecule has 0 unspecified atom stereocenters. The standard InChI is InChI=1S/C15H23FN2O2S/c1-11-13(16)8-12(10-17)9-14(11)21(19,20)18-15(2)6-4-3-5-7-15/h8-9,18H,3-7,10,17H2,1-2H3. The van der Waals surface area contributed by atoms with Crippen molar-refractivity contribution in [2.24, 2.45) is 5.73 Å². The molecule has 1 saturated carbocycles. The van der Waals surface area contributed by atoms with E-state index in [2.05, 4.69) is 4.72 Å². The maximum atomic E-state index is 13.9. The largest absolute Gasteiger partial charge is 0.326 e. The molecule has 3 N–H and O–H groups in total. The summed E-state index contributed by atoms with van der Waals surface area (Å²) in [6.45, 7) is 3.51. The zero-order valence-corrected chi connectivity index (χ0v) is 13.4. The lowest BCUT2D eigenvalue weighted by Crippen LogP contribution is -2.47. The van der Waals surface area contributed by atoms with E-state index >= 15 is 0 Å². The van der Waals surface area contributed by atoms with Gasteiger partial charge in [-0.1, -0.05) is 19.3 Å². The molecule has 4 nitrogen and oxygen atoms in total. The van der Waals surface area contributed by atoms with Crippen LogP contribution in [0.3, 0.4) is 0 Å². The van der Waals surface area contributed by atoms with Crippen molar-refractivity contribution in [1.82, 2.24) is 4.72 Å². The number of halogens is 1. The van der Waals surface area contributed by atoms with Gasteiger partial charge in [-0.2, -0.15) is 0 Å². The van der Waals surface area contributed by atoms with E-state index < -0.39 is 21.4 Å². The third-order valence-corrected chi connectivity index (χ3v) is 5.98. The van der Waals surface area contributed by atoms with Gasteiger partial charge in [0.05, 0.1) is 4.90 Å². The predicted molar refractivity (Wildman–Crippen MR) is 80.8 cm³/mol. The van der Waals surface area contributed by atoms with Gasteiger partial charge in [-0.25, -0.2) is 17.5 Å². The highest BCUT2D eigenvalue weighted by Gasteiger charge is 2.33. The van der Waals surface area contributed by atoms with E-state index in [1.807, 2.05) is 6.92 Å². The summed E-state index contributed by atoms with van der Waals surface area (Å²) in [5, 5.41) is 0. The van der Waals surface area contributed by atoms with Crippen LogP contribution in [0.2, 0.25) is 0 Å². The molecule has 21 heavy (non-hydrogen) atoms. The van der Waals surface area contributed by atoms with Crippen LogP contribution in [-0.4, -0.2) is 14.0 Å². The van der Waals surface area contributed by atoms with Crippen molar-refractivity contribution >= 4 is 10.0 Å². The lowest BCUT2D eigenvalue weighted by Gasteiger charge is -2.34. The number of nitrogens with two attached hydrogens (primary N) is 1. The summed E-state index contributed by atoms with van der Waals surface area (Å²) >= 11 is 0. The Morgan fingerprint density at radius 2 is 1.90 bits per heavy atom. The topological polar surface area (TPSA) is 72.2 Å². The van der Waals surface area contributed by atoms with Crippen LogP contribution in [0.4, 0.5) is 4.39 Å². The van der Waals surface area contributed by atoms with Crippen LogP contribution < -0.4 is 10.5 Å². The van der Waals surface area contributed by atoms with Crippen molar-refractivity contribution in [3.05, 3.63) is 29.1 Å². The first-order valence-electron chi connectivity index (χ1n) is 7.30. The quantitative estimate of drug-likeness (QED) is 0.897. The van der Waals surface area contributed by atoms with Crippen LogP contribution in [0.15, 0.2) is 17.0 Å². The third kappa shape index (κ3) is 3.62. The molecular formula is C15H23FN2O2S. The summed E-state index contributed by atoms with van der Waals surface area (Å²) in [5.41, 5.74) is 5.68. The molecule has 0 aromatic heterocycles. The second-order valence-corrected chi connectivity index (χ2v) is 7.78. The minimum absolute atomic E-state index is 0.00486. The first-order valence-corrected chi connectivity index (χ1v) is 8.79. The molecule has 0 saturated heterocycles. The predicted octanol–water partition coefficient (Wildman–Crippen LogP) is 2.59. The monoisotopic (exact) mass is 314 g/mol. The molecule has 2 rings (SSSR count). The number of rotatable bonds is 4. The van der Waals surface area contributed by atoms with Crippen LogP contribution >= 0.6 is 0 Å². The summed E-state index contributed by atoms with van der Waals surface area (Å²) in [5.74, 6) is -0.535. The molecule has 0 atom stereocenters. The van der Waals surface area contributed by atoms with Gasteiger partial charge in [-0.15, -0.1) is 0 Å². The Morgan fingerprint density at radius 3 is 2.48 bits per heavy atom. The smallest absolute Gasteiger partial charge is 0.241 e. The number of nitrogens with one attached hydrogen (secondary N) is 1. The van der Waals surface area contributed by atoms with Crippen molar-refractivity contribution in [2.75, 3.05) is 0 Å². The van der Waals surface area contributed by atoms with Crippen LogP contribution in [0.1, 0.15) is 50.2 Å². The van der Waals surface area contributed by atoms with Gasteiger partial charge >= 0.3 is 0 Å². The van der Waals surface area contributed by atoms with E-state index in [1.165, 1.54) is 19.1 Å². The first-order chi connectivity index (χ1) is 9.77. The van der Waals surface area contributed by atoms with Crippen molar-refractivity contribution in [2.45, 2.75) is 62.9 Å². The van der Waals surface area contributed by atoms with E-state index in [9.17, 15) is 12.8 Å². The first kappa shape index (κ1) is 16.4. The lowest BCUT2D eigenvalue weighted by molar-refractivity contribution is 0.294. The van der Waals surface area contributed by atoms with Crippen molar-refractivity contribution in [3.8, 4) is 0 Å². The molecule has 0 radical (unpaired) electrons. The van der Waals surface area contributed by atoms with Crippen molar-refractivity contribution in [1.29, 1.82) is 0 Å². The van der Waals surface area contributed by atoms with Gasteiger partial charge in [-0.3, -0.25) is 0 Å². The highest BCUT2D eigenvalue weighted by molar-refractivity contribution is 7.89. The Bertz CT molecular complexity index is 623. The van der Waals surface area contributed by atoms with Crippen molar-refractivity contribution in [3.63, 3.8) is 0 Å². The van der Waals surface area contributed by atoms with Gasteiger partial charge in [0.2, 0.25) is 10.0 Å². The van der Waals surface area contributed by atoms with Gasteiger partial charge in [0.25, 0.3) is 0 Å². The van der Waals surface area contributed by atoms with Gasteiger partial charge in [0.15, 0.2) is 0 Å². The molecular weight excluding hydrogens is 291 g/mol. The number of hydrogen-bond donors (Lipinski definition) is 2. The molecule has 1 aliphatic rings. The molecule has 0 heterocycles. The zero-order valence-electron chi connectivity index (χ0n) is 12.6. The highest BCUT2D eigenvalue weighted by atomic mass is 32.2. The fourth-order valence-corrected chi connectivity index (χ4v) is 4.69. The summed E-state index contributed by atoms with van der Waals surface area (Å²) in [6, 6.07) is 2.75.